The molecule has 0 aliphatic carbocycles. The Hall–Kier alpha value is -3.11. The van der Waals surface area contributed by atoms with Crippen molar-refractivity contribution in [3.63, 3.8) is 0 Å². The zero-order chi connectivity index (χ0) is 22.9. The van der Waals surface area contributed by atoms with Gasteiger partial charge in [0.15, 0.2) is 5.82 Å². The first-order chi connectivity index (χ1) is 15.3. The lowest BCUT2D eigenvalue weighted by Gasteiger charge is -2.32. The number of hydrogen-bond donors (Lipinski definition) is 1. The van der Waals surface area contributed by atoms with Gasteiger partial charge in [0.25, 0.3) is 5.91 Å². The number of aryl methyl sites for hydroxylation is 2. The van der Waals surface area contributed by atoms with E-state index in [-0.39, 0.29) is 16.5 Å². The average molecular weight is 455 g/mol. The molecule has 1 N–H and O–H groups in total. The van der Waals surface area contributed by atoms with Gasteiger partial charge >= 0.3 is 0 Å². The van der Waals surface area contributed by atoms with Crippen molar-refractivity contribution in [1.82, 2.24) is 24.5 Å². The minimum atomic E-state index is -3.66. The third kappa shape index (κ3) is 4.28. The number of carbonyl (C=O) groups is 1. The van der Waals surface area contributed by atoms with Crippen molar-refractivity contribution in [1.29, 1.82) is 0 Å². The molecule has 0 spiro atoms. The predicted octanol–water partition coefficient (Wildman–Crippen LogP) is 3.09. The number of nitrogens with zero attached hydrogens (tertiary/aromatic N) is 5. The molecule has 10 heteroatoms. The van der Waals surface area contributed by atoms with E-state index in [0.29, 0.717) is 18.1 Å². The Balaban J connectivity index is 1.58. The molecule has 3 aromatic rings. The Morgan fingerprint density at radius 3 is 2.66 bits per heavy atom. The van der Waals surface area contributed by atoms with E-state index in [2.05, 4.69) is 20.8 Å². The van der Waals surface area contributed by atoms with E-state index >= 15 is 0 Å². The smallest absolute Gasteiger partial charge is 0.255 e. The van der Waals surface area contributed by atoms with Crippen LogP contribution in [0, 0.1) is 13.8 Å². The average Bonchev–Trinajstić information content (AvgIpc) is 3.21. The van der Waals surface area contributed by atoms with Crippen LogP contribution in [0.1, 0.15) is 47.9 Å². The summed E-state index contributed by atoms with van der Waals surface area (Å²) in [5.74, 6) is 0.235. The van der Waals surface area contributed by atoms with Crippen LogP contribution in [0.5, 0.6) is 0 Å². The second-order valence-corrected chi connectivity index (χ2v) is 9.97. The van der Waals surface area contributed by atoms with E-state index in [1.165, 1.54) is 16.4 Å². The van der Waals surface area contributed by atoms with Crippen LogP contribution in [-0.4, -0.2) is 51.4 Å². The number of amides is 1. The van der Waals surface area contributed by atoms with Gasteiger partial charge in [0.2, 0.25) is 10.0 Å². The second kappa shape index (κ2) is 8.79. The number of sulfonamides is 1. The molecule has 1 aliphatic heterocycles. The van der Waals surface area contributed by atoms with Crippen LogP contribution in [0.4, 0.5) is 5.69 Å². The van der Waals surface area contributed by atoms with Crippen molar-refractivity contribution in [3.05, 3.63) is 59.4 Å². The Kier molecular flexibility index (Phi) is 6.07. The van der Waals surface area contributed by atoms with Crippen molar-refractivity contribution >= 4 is 21.6 Å². The molecule has 0 bridgehead atoms. The minimum absolute atomic E-state index is 0.0491. The standard InChI is InChI=1S/C22H26N6O3S/c1-15-10-11-19(14-21(15)28-17(3)24-25-26-28)23-22(29)18-8-6-9-20(13-18)32(30,31)27-12-5-4-7-16(27)2/h6,8-11,13-14,16H,4-5,7,12H2,1-3H3,(H,23,29). The van der Waals surface area contributed by atoms with E-state index in [4.69, 9.17) is 0 Å². The maximum Gasteiger partial charge on any atom is 0.255 e. The number of hydrogen-bond acceptors (Lipinski definition) is 6. The van der Waals surface area contributed by atoms with Crippen molar-refractivity contribution < 1.29 is 13.2 Å². The Morgan fingerprint density at radius 1 is 1.12 bits per heavy atom. The summed E-state index contributed by atoms with van der Waals surface area (Å²) in [4.78, 5) is 13.0. The zero-order valence-corrected chi connectivity index (χ0v) is 19.1. The van der Waals surface area contributed by atoms with Crippen LogP contribution in [-0.2, 0) is 10.0 Å². The van der Waals surface area contributed by atoms with Gasteiger partial charge in [0.05, 0.1) is 10.6 Å². The van der Waals surface area contributed by atoms with Gasteiger partial charge in [0, 0.05) is 23.8 Å². The molecule has 2 heterocycles. The Bertz CT molecular complexity index is 1250. The fraction of sp³-hybridized carbons (Fsp3) is 0.364. The van der Waals surface area contributed by atoms with E-state index < -0.39 is 15.9 Å². The topological polar surface area (TPSA) is 110 Å². The normalized spacial score (nSPS) is 17.3. The van der Waals surface area contributed by atoms with Crippen molar-refractivity contribution in [2.75, 3.05) is 11.9 Å². The minimum Gasteiger partial charge on any atom is -0.322 e. The molecule has 1 atom stereocenters. The number of aromatic nitrogens is 4. The fourth-order valence-electron chi connectivity index (χ4n) is 3.93. The molecular formula is C22H26N6O3S. The highest BCUT2D eigenvalue weighted by atomic mass is 32.2. The van der Waals surface area contributed by atoms with Gasteiger partial charge in [-0.2, -0.15) is 8.99 Å². The zero-order valence-electron chi connectivity index (χ0n) is 18.3. The van der Waals surface area contributed by atoms with Crippen molar-refractivity contribution in [3.8, 4) is 5.69 Å². The van der Waals surface area contributed by atoms with Gasteiger partial charge in [-0.05, 0) is 79.9 Å². The molecule has 1 amide bonds. The Labute approximate surface area is 187 Å². The third-order valence-electron chi connectivity index (χ3n) is 5.77. The number of tetrazole rings is 1. The SMILES string of the molecule is Cc1ccc(NC(=O)c2cccc(S(=O)(=O)N3CCCCC3C)c2)cc1-n1nnnc1C. The number of carbonyl (C=O) groups excluding carboxylic acids is 1. The predicted molar refractivity (Wildman–Crippen MR) is 120 cm³/mol. The quantitative estimate of drug-likeness (QED) is 0.634. The van der Waals surface area contributed by atoms with Gasteiger partial charge in [-0.1, -0.05) is 18.6 Å². The van der Waals surface area contributed by atoms with Crippen LogP contribution in [0.15, 0.2) is 47.4 Å². The van der Waals surface area contributed by atoms with Gasteiger partial charge < -0.3 is 5.32 Å². The van der Waals surface area contributed by atoms with E-state index in [9.17, 15) is 13.2 Å². The van der Waals surface area contributed by atoms with E-state index in [1.807, 2.05) is 19.9 Å². The monoisotopic (exact) mass is 454 g/mol. The summed E-state index contributed by atoms with van der Waals surface area (Å²) in [6.07, 6.45) is 2.72. The molecule has 168 valence electrons. The maximum atomic E-state index is 13.1. The summed E-state index contributed by atoms with van der Waals surface area (Å²) >= 11 is 0. The first kappa shape index (κ1) is 22.1. The highest BCUT2D eigenvalue weighted by molar-refractivity contribution is 7.89. The lowest BCUT2D eigenvalue weighted by atomic mass is 10.1. The summed E-state index contributed by atoms with van der Waals surface area (Å²) in [6.45, 7) is 6.15. The molecule has 2 aromatic carbocycles. The van der Waals surface area contributed by atoms with Crippen LogP contribution in [0.3, 0.4) is 0 Å². The van der Waals surface area contributed by atoms with Crippen LogP contribution < -0.4 is 5.32 Å². The molecule has 9 nitrogen and oxygen atoms in total. The number of anilines is 1. The summed E-state index contributed by atoms with van der Waals surface area (Å²) in [7, 11) is -3.66. The molecule has 32 heavy (non-hydrogen) atoms. The molecular weight excluding hydrogens is 428 g/mol. The van der Waals surface area contributed by atoms with Crippen molar-refractivity contribution in [2.24, 2.45) is 0 Å². The number of nitrogens with one attached hydrogen (secondary N) is 1. The summed E-state index contributed by atoms with van der Waals surface area (Å²) in [5, 5.41) is 14.4. The number of rotatable bonds is 5. The molecule has 4 rings (SSSR count). The lowest BCUT2D eigenvalue weighted by molar-refractivity contribution is 0.102. The third-order valence-corrected chi connectivity index (χ3v) is 7.78. The first-order valence-corrected chi connectivity index (χ1v) is 12.0. The summed E-state index contributed by atoms with van der Waals surface area (Å²) < 4.78 is 29.4. The van der Waals surface area contributed by atoms with Crippen LogP contribution >= 0.6 is 0 Å². The molecule has 1 aromatic heterocycles. The summed E-state index contributed by atoms with van der Waals surface area (Å²) in [6, 6.07) is 11.6. The fourth-order valence-corrected chi connectivity index (χ4v) is 5.68. The largest absolute Gasteiger partial charge is 0.322 e. The lowest BCUT2D eigenvalue weighted by Crippen LogP contribution is -2.41. The molecule has 0 radical (unpaired) electrons. The Morgan fingerprint density at radius 2 is 1.94 bits per heavy atom. The maximum absolute atomic E-state index is 13.1. The molecule has 1 saturated heterocycles. The molecule has 1 unspecified atom stereocenters. The van der Waals surface area contributed by atoms with Gasteiger partial charge in [0.1, 0.15) is 0 Å². The van der Waals surface area contributed by atoms with Crippen LogP contribution in [0.2, 0.25) is 0 Å². The molecule has 1 fully saturated rings. The van der Waals surface area contributed by atoms with Crippen LogP contribution in [0.25, 0.3) is 5.69 Å². The molecule has 1 aliphatic rings. The van der Waals surface area contributed by atoms with E-state index in [0.717, 1.165) is 30.5 Å². The molecule has 0 saturated carbocycles. The second-order valence-electron chi connectivity index (χ2n) is 8.08. The highest BCUT2D eigenvalue weighted by Crippen LogP contribution is 2.26. The number of piperidine rings is 1. The van der Waals surface area contributed by atoms with Gasteiger partial charge in [-0.25, -0.2) is 8.42 Å². The highest BCUT2D eigenvalue weighted by Gasteiger charge is 2.31. The van der Waals surface area contributed by atoms with E-state index in [1.54, 1.807) is 35.9 Å². The first-order valence-electron chi connectivity index (χ1n) is 10.6. The van der Waals surface area contributed by atoms with Gasteiger partial charge in [-0.15, -0.1) is 5.10 Å². The van der Waals surface area contributed by atoms with Crippen molar-refractivity contribution in [2.45, 2.75) is 51.0 Å². The summed E-state index contributed by atoms with van der Waals surface area (Å²) in [5.41, 5.74) is 2.53. The van der Waals surface area contributed by atoms with Gasteiger partial charge in [-0.3, -0.25) is 4.79 Å². The number of benzene rings is 2.